The van der Waals surface area contributed by atoms with Gasteiger partial charge in [-0.1, -0.05) is 56.7 Å². The lowest BCUT2D eigenvalue weighted by atomic mass is 9.74. The maximum atomic E-state index is 14.6. The second-order valence-electron chi connectivity index (χ2n) is 10.2. The molecule has 1 nitrogen and oxygen atoms in total. The maximum Gasteiger partial charge on any atom is 0.201 e. The number of benzene rings is 2. The van der Waals surface area contributed by atoms with Crippen molar-refractivity contribution in [1.82, 2.24) is 0 Å². The predicted octanol–water partition coefficient (Wildman–Crippen LogP) is 8.95. The van der Waals surface area contributed by atoms with Gasteiger partial charge in [0.2, 0.25) is 5.82 Å². The number of fused-ring (bicyclic) bond motifs is 1. The van der Waals surface area contributed by atoms with Crippen LogP contribution in [0.15, 0.2) is 36.9 Å². The predicted molar refractivity (Wildman–Crippen MR) is 129 cm³/mol. The Balaban J connectivity index is 1.27. The summed E-state index contributed by atoms with van der Waals surface area (Å²) in [4.78, 5) is 0. The minimum absolute atomic E-state index is 0.0338. The zero-order chi connectivity index (χ0) is 22.5. The van der Waals surface area contributed by atoms with Crippen molar-refractivity contribution in [2.24, 2.45) is 17.8 Å². The van der Waals surface area contributed by atoms with Crippen LogP contribution < -0.4 is 4.74 Å². The summed E-state index contributed by atoms with van der Waals surface area (Å²) >= 11 is 0. The van der Waals surface area contributed by atoms with Gasteiger partial charge in [-0.05, 0) is 85.3 Å². The molecule has 4 rings (SSSR count). The Morgan fingerprint density at radius 2 is 1.44 bits per heavy atom. The van der Waals surface area contributed by atoms with Crippen LogP contribution in [0.5, 0.6) is 5.75 Å². The van der Waals surface area contributed by atoms with Crippen molar-refractivity contribution in [2.75, 3.05) is 7.11 Å². The average molecular weight is 441 g/mol. The lowest BCUT2D eigenvalue weighted by Crippen LogP contribution is -2.17. The molecule has 2 aromatic rings. The Morgan fingerprint density at radius 3 is 2.03 bits per heavy atom. The Kier molecular flexibility index (Phi) is 7.86. The monoisotopic (exact) mass is 440 g/mol. The van der Waals surface area contributed by atoms with Crippen molar-refractivity contribution in [3.8, 4) is 5.75 Å². The zero-order valence-corrected chi connectivity index (χ0v) is 19.6. The van der Waals surface area contributed by atoms with Crippen molar-refractivity contribution in [3.63, 3.8) is 0 Å². The third-order valence-corrected chi connectivity index (χ3v) is 8.28. The highest BCUT2D eigenvalue weighted by Crippen LogP contribution is 2.41. The van der Waals surface area contributed by atoms with Crippen LogP contribution in [0.2, 0.25) is 0 Å². The van der Waals surface area contributed by atoms with Gasteiger partial charge in [-0.3, -0.25) is 0 Å². The molecule has 0 atom stereocenters. The molecule has 0 bridgehead atoms. The molecule has 0 saturated heterocycles. The number of methoxy groups -OCH3 is 1. The van der Waals surface area contributed by atoms with E-state index in [1.54, 1.807) is 6.07 Å². The van der Waals surface area contributed by atoms with Gasteiger partial charge in [-0.25, -0.2) is 4.39 Å². The van der Waals surface area contributed by atoms with Crippen LogP contribution in [0.1, 0.15) is 88.5 Å². The zero-order valence-electron chi connectivity index (χ0n) is 19.6. The van der Waals surface area contributed by atoms with Crippen LogP contribution in [0.25, 0.3) is 10.8 Å². The average Bonchev–Trinajstić information content (AvgIpc) is 2.84. The smallest absolute Gasteiger partial charge is 0.201 e. The number of hydrogen-bond donors (Lipinski definition) is 0. The van der Waals surface area contributed by atoms with E-state index in [1.807, 2.05) is 12.1 Å². The van der Waals surface area contributed by atoms with Crippen LogP contribution in [0, 0.1) is 29.4 Å². The summed E-state index contributed by atoms with van der Waals surface area (Å²) < 4.78 is 33.7. The molecule has 2 saturated carbocycles. The molecule has 0 aliphatic heterocycles. The van der Waals surface area contributed by atoms with Crippen molar-refractivity contribution in [3.05, 3.63) is 54.1 Å². The van der Waals surface area contributed by atoms with Crippen LogP contribution in [0.4, 0.5) is 8.78 Å². The molecular formula is C29H38F2O. The summed E-state index contributed by atoms with van der Waals surface area (Å²) in [6.45, 7) is 3.86. The highest BCUT2D eigenvalue weighted by molar-refractivity contribution is 5.85. The number of halogens is 2. The first kappa shape index (κ1) is 23.3. The van der Waals surface area contributed by atoms with E-state index in [4.69, 9.17) is 4.74 Å². The number of ether oxygens (including phenoxy) is 1. The van der Waals surface area contributed by atoms with Crippen molar-refractivity contribution < 1.29 is 13.5 Å². The highest BCUT2D eigenvalue weighted by Gasteiger charge is 2.26. The molecule has 2 fully saturated rings. The van der Waals surface area contributed by atoms with E-state index < -0.39 is 11.6 Å². The first-order valence-corrected chi connectivity index (χ1v) is 12.7. The first-order valence-electron chi connectivity index (χ1n) is 12.7. The summed E-state index contributed by atoms with van der Waals surface area (Å²) in [6, 6.07) is 7.45. The van der Waals surface area contributed by atoms with E-state index in [1.165, 1.54) is 71.3 Å². The molecule has 32 heavy (non-hydrogen) atoms. The summed E-state index contributed by atoms with van der Waals surface area (Å²) in [7, 11) is 1.37. The molecule has 174 valence electrons. The molecule has 3 heteroatoms. The summed E-state index contributed by atoms with van der Waals surface area (Å²) in [6.07, 6.45) is 17.8. The number of allylic oxidation sites excluding steroid dienone is 1. The normalized spacial score (nSPS) is 26.2. The number of rotatable bonds is 8. The lowest BCUT2D eigenvalue weighted by Gasteiger charge is -2.32. The summed E-state index contributed by atoms with van der Waals surface area (Å²) in [5, 5.41) is 1.06. The van der Waals surface area contributed by atoms with Gasteiger partial charge >= 0.3 is 0 Å². The van der Waals surface area contributed by atoms with E-state index >= 15 is 0 Å². The Morgan fingerprint density at radius 1 is 0.844 bits per heavy atom. The highest BCUT2D eigenvalue weighted by atomic mass is 19.2. The van der Waals surface area contributed by atoms with Crippen molar-refractivity contribution >= 4 is 10.8 Å². The van der Waals surface area contributed by atoms with Gasteiger partial charge < -0.3 is 4.74 Å². The van der Waals surface area contributed by atoms with E-state index in [0.717, 1.165) is 36.2 Å². The first-order chi connectivity index (χ1) is 15.6. The van der Waals surface area contributed by atoms with Gasteiger partial charge in [0.1, 0.15) is 0 Å². The van der Waals surface area contributed by atoms with E-state index in [9.17, 15) is 8.78 Å². The SMILES string of the molecule is C=CCCC1CCC(CCC2CCC(c3ccc4cc(OC)c(F)c(F)c4c3)CC2)CC1. The Hall–Kier alpha value is -1.90. The molecule has 2 aliphatic carbocycles. The van der Waals surface area contributed by atoms with Crippen LogP contribution in [0.3, 0.4) is 0 Å². The molecule has 2 aliphatic rings. The molecule has 0 heterocycles. The van der Waals surface area contributed by atoms with Gasteiger partial charge in [0.25, 0.3) is 0 Å². The Labute approximate surface area is 192 Å². The molecular weight excluding hydrogens is 402 g/mol. The molecule has 0 aromatic heterocycles. The molecule has 0 unspecified atom stereocenters. The molecule has 0 spiro atoms. The summed E-state index contributed by atoms with van der Waals surface area (Å²) in [5.41, 5.74) is 1.15. The maximum absolute atomic E-state index is 14.6. The van der Waals surface area contributed by atoms with Crippen molar-refractivity contribution in [2.45, 2.75) is 83.0 Å². The topological polar surface area (TPSA) is 9.23 Å². The molecule has 0 amide bonds. The fourth-order valence-electron chi connectivity index (χ4n) is 6.14. The van der Waals surface area contributed by atoms with Crippen LogP contribution in [-0.2, 0) is 0 Å². The standard InChI is InChI=1S/C29H38F2O/c1-3-4-5-20-6-8-21(9-7-20)10-11-22-12-14-23(15-13-22)24-16-17-25-19-27(32-2)29(31)28(30)26(25)18-24/h3,16-23H,1,4-15H2,2H3. The minimum Gasteiger partial charge on any atom is -0.494 e. The van der Waals surface area contributed by atoms with Crippen LogP contribution >= 0.6 is 0 Å². The molecule has 0 radical (unpaired) electrons. The fourth-order valence-corrected chi connectivity index (χ4v) is 6.14. The van der Waals surface area contributed by atoms with Gasteiger partial charge in [0.15, 0.2) is 11.6 Å². The van der Waals surface area contributed by atoms with E-state index in [-0.39, 0.29) is 5.75 Å². The fraction of sp³-hybridized carbons (Fsp3) is 0.586. The molecule has 0 N–H and O–H groups in total. The summed E-state index contributed by atoms with van der Waals surface area (Å²) in [5.74, 6) is 1.44. The lowest BCUT2D eigenvalue weighted by molar-refractivity contribution is 0.225. The minimum atomic E-state index is -0.893. The quantitative estimate of drug-likeness (QED) is 0.372. The van der Waals surface area contributed by atoms with E-state index in [2.05, 4.69) is 18.7 Å². The van der Waals surface area contributed by atoms with Crippen LogP contribution in [-0.4, -0.2) is 7.11 Å². The second-order valence-corrected chi connectivity index (χ2v) is 10.2. The van der Waals surface area contributed by atoms with Gasteiger partial charge in [-0.15, -0.1) is 6.58 Å². The second kappa shape index (κ2) is 10.8. The van der Waals surface area contributed by atoms with Crippen molar-refractivity contribution in [1.29, 1.82) is 0 Å². The number of hydrogen-bond acceptors (Lipinski definition) is 1. The Bertz CT molecular complexity index is 905. The molecule has 2 aromatic carbocycles. The van der Waals surface area contributed by atoms with Gasteiger partial charge in [0, 0.05) is 5.39 Å². The van der Waals surface area contributed by atoms with Gasteiger partial charge in [-0.2, -0.15) is 4.39 Å². The van der Waals surface area contributed by atoms with Gasteiger partial charge in [0.05, 0.1) is 7.11 Å². The van der Waals surface area contributed by atoms with E-state index in [0.29, 0.717) is 16.7 Å². The third-order valence-electron chi connectivity index (χ3n) is 8.28. The largest absolute Gasteiger partial charge is 0.494 e. The third kappa shape index (κ3) is 5.35.